The summed E-state index contributed by atoms with van der Waals surface area (Å²) in [6.45, 7) is 5.70. The molecule has 1 aliphatic heterocycles. The molecule has 20 heavy (non-hydrogen) atoms. The van der Waals surface area contributed by atoms with Crippen molar-refractivity contribution in [2.45, 2.75) is 20.1 Å². The highest BCUT2D eigenvalue weighted by molar-refractivity contribution is 5.90. The molecule has 6 heteroatoms. The molecule has 108 valence electrons. The first-order valence-corrected chi connectivity index (χ1v) is 6.82. The van der Waals surface area contributed by atoms with Gasteiger partial charge in [-0.2, -0.15) is 4.84 Å². The second-order valence-corrected chi connectivity index (χ2v) is 4.33. The van der Waals surface area contributed by atoms with E-state index in [4.69, 9.17) is 14.3 Å². The quantitative estimate of drug-likeness (QED) is 0.470. The Labute approximate surface area is 118 Å². The third-order valence-electron chi connectivity index (χ3n) is 3.20. The molecule has 2 rings (SSSR count). The lowest BCUT2D eigenvalue weighted by atomic mass is 10.2. The average Bonchev–Trinajstić information content (AvgIpc) is 2.49. The van der Waals surface area contributed by atoms with Gasteiger partial charge in [-0.25, -0.2) is 0 Å². The van der Waals surface area contributed by atoms with Crippen molar-refractivity contribution in [2.24, 2.45) is 0 Å². The highest BCUT2D eigenvalue weighted by atomic mass is 16.7. The SMILES string of the molecule is CCOC1OCC[N+](OCC)(c2ccccc2)C1=[N+]=[N-]. The summed E-state index contributed by atoms with van der Waals surface area (Å²) in [5, 5.41) is 0. The van der Waals surface area contributed by atoms with E-state index >= 15 is 0 Å². The molecule has 0 aliphatic carbocycles. The van der Waals surface area contributed by atoms with E-state index in [1.54, 1.807) is 0 Å². The first-order chi connectivity index (χ1) is 9.78. The van der Waals surface area contributed by atoms with E-state index in [1.807, 2.05) is 44.2 Å². The maximum absolute atomic E-state index is 9.44. The third kappa shape index (κ3) is 2.65. The van der Waals surface area contributed by atoms with Crippen molar-refractivity contribution in [1.29, 1.82) is 0 Å². The van der Waals surface area contributed by atoms with Crippen molar-refractivity contribution in [3.63, 3.8) is 0 Å². The summed E-state index contributed by atoms with van der Waals surface area (Å²) in [5.74, 6) is 0.311. The van der Waals surface area contributed by atoms with Gasteiger partial charge in [0.2, 0.25) is 0 Å². The number of hydrogen-bond acceptors (Lipinski definition) is 3. The first kappa shape index (κ1) is 14.8. The number of benzene rings is 1. The van der Waals surface area contributed by atoms with E-state index < -0.39 is 6.29 Å². The minimum Gasteiger partial charge on any atom is -0.355 e. The summed E-state index contributed by atoms with van der Waals surface area (Å²) >= 11 is 0. The maximum atomic E-state index is 9.44. The predicted molar refractivity (Wildman–Crippen MR) is 74.7 cm³/mol. The van der Waals surface area contributed by atoms with E-state index in [2.05, 4.69) is 4.79 Å². The van der Waals surface area contributed by atoms with E-state index in [0.717, 1.165) is 5.69 Å². The van der Waals surface area contributed by atoms with Crippen molar-refractivity contribution < 1.29 is 19.1 Å². The molecule has 2 atom stereocenters. The second-order valence-electron chi connectivity index (χ2n) is 4.33. The van der Waals surface area contributed by atoms with Gasteiger partial charge in [-0.15, -0.1) is 4.79 Å². The molecule has 0 amide bonds. The van der Waals surface area contributed by atoms with Crippen LogP contribution in [0.1, 0.15) is 13.8 Å². The van der Waals surface area contributed by atoms with E-state index in [-0.39, 0.29) is 4.65 Å². The molecular formula is C14H20N3O3+. The summed E-state index contributed by atoms with van der Waals surface area (Å²) in [7, 11) is 0. The number of para-hydroxylation sites is 1. The van der Waals surface area contributed by atoms with Crippen LogP contribution in [0.25, 0.3) is 5.53 Å². The van der Waals surface area contributed by atoms with Gasteiger partial charge in [-0.1, -0.05) is 18.2 Å². The smallest absolute Gasteiger partial charge is 0.355 e. The average molecular weight is 278 g/mol. The Morgan fingerprint density at radius 1 is 1.30 bits per heavy atom. The van der Waals surface area contributed by atoms with Crippen LogP contribution in [0.2, 0.25) is 0 Å². The molecule has 0 bridgehead atoms. The number of amidine groups is 1. The zero-order valence-electron chi connectivity index (χ0n) is 11.9. The number of ether oxygens (including phenoxy) is 2. The largest absolute Gasteiger partial charge is 0.540 e. The van der Waals surface area contributed by atoms with Gasteiger partial charge >= 0.3 is 12.1 Å². The zero-order chi connectivity index (χ0) is 14.4. The lowest BCUT2D eigenvalue weighted by Gasteiger charge is -2.34. The van der Waals surface area contributed by atoms with Gasteiger partial charge in [0.15, 0.2) is 5.69 Å². The number of nitrogens with zero attached hydrogens (tertiary/aromatic N) is 3. The molecule has 6 nitrogen and oxygen atoms in total. The highest BCUT2D eigenvalue weighted by Crippen LogP contribution is 2.28. The van der Waals surface area contributed by atoms with E-state index in [0.29, 0.717) is 32.2 Å². The molecule has 0 saturated carbocycles. The fraction of sp³-hybridized carbons (Fsp3) is 0.500. The number of rotatable bonds is 5. The number of hydroxylamine groups is 2. The monoisotopic (exact) mass is 278 g/mol. The van der Waals surface area contributed by atoms with Crippen LogP contribution in [0.15, 0.2) is 30.3 Å². The van der Waals surface area contributed by atoms with E-state index in [9.17, 15) is 5.53 Å². The molecule has 0 spiro atoms. The molecule has 0 radical (unpaired) electrons. The molecule has 2 unspecified atom stereocenters. The molecule has 0 aromatic heterocycles. The fourth-order valence-corrected chi connectivity index (χ4v) is 2.40. The summed E-state index contributed by atoms with van der Waals surface area (Å²) in [5.41, 5.74) is 10.3. The Kier molecular flexibility index (Phi) is 5.00. The lowest BCUT2D eigenvalue weighted by Crippen LogP contribution is -2.64. The van der Waals surface area contributed by atoms with Crippen LogP contribution >= 0.6 is 0 Å². The summed E-state index contributed by atoms with van der Waals surface area (Å²) in [6, 6.07) is 9.66. The van der Waals surface area contributed by atoms with Gasteiger partial charge in [0.1, 0.15) is 19.8 Å². The maximum Gasteiger partial charge on any atom is 0.540 e. The highest BCUT2D eigenvalue weighted by Gasteiger charge is 2.55. The van der Waals surface area contributed by atoms with Crippen LogP contribution in [0.4, 0.5) is 5.69 Å². The first-order valence-electron chi connectivity index (χ1n) is 6.82. The van der Waals surface area contributed by atoms with E-state index in [1.165, 1.54) is 0 Å². The Bertz CT molecular complexity index is 482. The van der Waals surface area contributed by atoms with Gasteiger partial charge < -0.3 is 15.0 Å². The van der Waals surface area contributed by atoms with Crippen LogP contribution < -0.4 is 4.65 Å². The molecular weight excluding hydrogens is 258 g/mol. The summed E-state index contributed by atoms with van der Waals surface area (Å²) in [4.78, 5) is 9.33. The van der Waals surface area contributed by atoms with Gasteiger partial charge in [-0.3, -0.25) is 0 Å². The minimum absolute atomic E-state index is 0.00148. The molecule has 1 heterocycles. The summed E-state index contributed by atoms with van der Waals surface area (Å²) in [6.07, 6.45) is -0.703. The molecule has 1 aromatic rings. The number of hydrogen-bond donors (Lipinski definition) is 0. The normalized spacial score (nSPS) is 26.3. The van der Waals surface area contributed by atoms with Crippen molar-refractivity contribution in [2.75, 3.05) is 26.4 Å². The minimum atomic E-state index is -0.703. The molecule has 1 aromatic carbocycles. The molecule has 1 aliphatic rings. The Morgan fingerprint density at radius 3 is 2.65 bits per heavy atom. The van der Waals surface area contributed by atoms with Gasteiger partial charge in [-0.05, 0) is 18.5 Å². The third-order valence-corrected chi connectivity index (χ3v) is 3.20. The Hall–Kier alpha value is -1.56. The molecule has 1 fully saturated rings. The van der Waals surface area contributed by atoms with Crippen LogP contribution in [0.5, 0.6) is 0 Å². The fourth-order valence-electron chi connectivity index (χ4n) is 2.40. The van der Waals surface area contributed by atoms with Crippen LogP contribution in [-0.2, 0) is 14.3 Å². The van der Waals surface area contributed by atoms with Gasteiger partial charge in [0.25, 0.3) is 0 Å². The number of quaternary nitrogens is 1. The summed E-state index contributed by atoms with van der Waals surface area (Å²) < 4.78 is 11.0. The van der Waals surface area contributed by atoms with Gasteiger partial charge in [0, 0.05) is 18.7 Å². The topological polar surface area (TPSA) is 64.1 Å². The van der Waals surface area contributed by atoms with Crippen LogP contribution in [0.3, 0.4) is 0 Å². The second kappa shape index (κ2) is 6.74. The predicted octanol–water partition coefficient (Wildman–Crippen LogP) is 1.97. The molecule has 0 N–H and O–H groups in total. The van der Waals surface area contributed by atoms with Crippen molar-refractivity contribution in [3.8, 4) is 0 Å². The van der Waals surface area contributed by atoms with Gasteiger partial charge in [0.05, 0.1) is 0 Å². The Balaban J connectivity index is 2.47. The standard InChI is InChI=1S/C14H20N3O3/c1-3-18-14-13(16-15)17(20-4-2,10-11-19-14)12-8-6-5-7-9-12/h5-9,14H,3-4,10-11H2,1-2H3/q+1. The zero-order valence-corrected chi connectivity index (χ0v) is 11.9. The van der Waals surface area contributed by atoms with Crippen LogP contribution in [0, 0.1) is 0 Å². The Morgan fingerprint density at radius 2 is 2.05 bits per heavy atom. The molecule has 1 saturated heterocycles. The van der Waals surface area contributed by atoms with Crippen LogP contribution in [-0.4, -0.2) is 43.3 Å². The van der Waals surface area contributed by atoms with Crippen molar-refractivity contribution in [3.05, 3.63) is 35.9 Å². The van der Waals surface area contributed by atoms with Crippen molar-refractivity contribution >= 4 is 11.5 Å². The van der Waals surface area contributed by atoms with Crippen molar-refractivity contribution in [1.82, 2.24) is 4.65 Å². The lowest BCUT2D eigenvalue weighted by molar-refractivity contribution is -0.214. The number of morpholine rings is 1.